The van der Waals surface area contributed by atoms with Crippen LogP contribution in [-0.2, 0) is 33.9 Å². The van der Waals surface area contributed by atoms with E-state index in [9.17, 15) is 26.8 Å². The van der Waals surface area contributed by atoms with E-state index in [0.29, 0.717) is 29.8 Å². The van der Waals surface area contributed by atoms with Gasteiger partial charge in [0.15, 0.2) is 0 Å². The molecule has 0 saturated heterocycles. The normalized spacial score (nSPS) is 10.6. The molecule has 0 aliphatic heterocycles. The Morgan fingerprint density at radius 2 is 1.19 bits per heavy atom. The van der Waals surface area contributed by atoms with Crippen molar-refractivity contribution < 1.29 is 46.4 Å². The van der Waals surface area contributed by atoms with Gasteiger partial charge in [-0.3, -0.25) is 14.3 Å². The number of amides is 1. The van der Waals surface area contributed by atoms with E-state index in [1.165, 1.54) is 29.3 Å². The monoisotopic (exact) mass is 851 g/mol. The molecule has 4 aromatic carbocycles. The van der Waals surface area contributed by atoms with Gasteiger partial charge in [0.25, 0.3) is 11.1 Å². The van der Waals surface area contributed by atoms with Gasteiger partial charge in [0.1, 0.15) is 11.6 Å². The molecule has 4 aromatic rings. The Kier molecular flexibility index (Phi) is 23.8. The molecule has 0 aliphatic carbocycles. The highest BCUT2D eigenvalue weighted by Gasteiger charge is 2.15. The Morgan fingerprint density at radius 1 is 0.759 bits per heavy atom. The number of quaternary nitrogens is 1. The molecule has 1 amide bonds. The van der Waals surface area contributed by atoms with Crippen molar-refractivity contribution >= 4 is 61.7 Å². The van der Waals surface area contributed by atoms with Crippen molar-refractivity contribution in [2.45, 2.75) is 79.8 Å². The topological polar surface area (TPSA) is 120 Å². The molecule has 0 heterocycles. The van der Waals surface area contributed by atoms with Crippen LogP contribution in [0, 0.1) is 18.6 Å². The third-order valence-corrected chi connectivity index (χ3v) is 8.11. The maximum absolute atomic E-state index is 13.5. The zero-order valence-electron chi connectivity index (χ0n) is 31.2. The Bertz CT molecular complexity index is 1870. The van der Waals surface area contributed by atoms with Crippen LogP contribution in [0.5, 0.6) is 0 Å². The third kappa shape index (κ3) is 19.9. The number of halogens is 6. The molecule has 54 heavy (non-hydrogen) atoms. The summed E-state index contributed by atoms with van der Waals surface area (Å²) in [5.41, 5.74) is 9.37. The van der Waals surface area contributed by atoms with Crippen molar-refractivity contribution in [1.29, 1.82) is 0 Å². The Hall–Kier alpha value is -3.25. The minimum absolute atomic E-state index is 0. The number of nitrogens with one attached hydrogen (secondary N) is 2. The van der Waals surface area contributed by atoms with E-state index in [1.807, 2.05) is 42.5 Å². The van der Waals surface area contributed by atoms with Gasteiger partial charge in [-0.1, -0.05) is 91.4 Å². The number of carbonyl (C=O) groups excluding carboxylic acids is 2. The summed E-state index contributed by atoms with van der Waals surface area (Å²) >= 11 is 14.9. The van der Waals surface area contributed by atoms with Crippen molar-refractivity contribution in [3.63, 3.8) is 0 Å². The van der Waals surface area contributed by atoms with Gasteiger partial charge in [-0.15, -0.1) is 23.2 Å². The highest BCUT2D eigenvalue weighted by molar-refractivity contribution is 7.92. The van der Waals surface area contributed by atoms with Crippen molar-refractivity contribution in [1.82, 2.24) is 5.32 Å². The molecular formula is C40H55Cl4F2N3O4S. The highest BCUT2D eigenvalue weighted by atomic mass is 35.5. The van der Waals surface area contributed by atoms with E-state index < -0.39 is 21.1 Å². The van der Waals surface area contributed by atoms with Gasteiger partial charge in [-0.05, 0) is 94.1 Å². The van der Waals surface area contributed by atoms with E-state index in [1.54, 1.807) is 31.2 Å². The minimum atomic E-state index is -3.42. The first-order valence-electron chi connectivity index (χ1n) is 16.1. The van der Waals surface area contributed by atoms with E-state index in [0.717, 1.165) is 17.4 Å². The number of carbonyl (C=O) groups is 2. The molecule has 302 valence electrons. The first kappa shape index (κ1) is 52.9. The Balaban J connectivity index is -0.000000721. The highest BCUT2D eigenvalue weighted by Crippen LogP contribution is 2.23. The molecule has 0 radical (unpaired) electrons. The number of benzene rings is 4. The largest absolute Gasteiger partial charge is 1.00 e. The summed E-state index contributed by atoms with van der Waals surface area (Å²) in [6, 6.07) is 24.3. The quantitative estimate of drug-likeness (QED) is 0.138. The molecule has 0 spiro atoms. The third-order valence-electron chi connectivity index (χ3n) is 7.30. The summed E-state index contributed by atoms with van der Waals surface area (Å²) in [6.45, 7) is 15.3. The lowest BCUT2D eigenvalue weighted by molar-refractivity contribution is -0.386. The van der Waals surface area contributed by atoms with Crippen LogP contribution in [0.1, 0.15) is 98.9 Å². The lowest BCUT2D eigenvalue weighted by Gasteiger charge is -2.19. The van der Waals surface area contributed by atoms with Gasteiger partial charge >= 0.3 is 0 Å². The number of hydrogen-bond acceptors (Lipinski definition) is 4. The van der Waals surface area contributed by atoms with Gasteiger partial charge < -0.3 is 23.5 Å². The maximum Gasteiger partial charge on any atom is 0.252 e. The van der Waals surface area contributed by atoms with Crippen LogP contribution in [0.3, 0.4) is 0 Å². The van der Waals surface area contributed by atoms with Gasteiger partial charge in [0.2, 0.25) is 10.0 Å². The van der Waals surface area contributed by atoms with Crippen LogP contribution in [0.15, 0.2) is 84.9 Å². The fourth-order valence-corrected chi connectivity index (χ4v) is 4.94. The van der Waals surface area contributed by atoms with Crippen LogP contribution in [-0.4, -0.2) is 31.2 Å². The van der Waals surface area contributed by atoms with Crippen LogP contribution in [0.2, 0.25) is 0 Å². The molecule has 14 heteroatoms. The summed E-state index contributed by atoms with van der Waals surface area (Å²) in [7, 11) is -3.42. The van der Waals surface area contributed by atoms with Crippen molar-refractivity contribution in [2.75, 3.05) is 16.3 Å². The Morgan fingerprint density at radius 3 is 1.56 bits per heavy atom. The van der Waals surface area contributed by atoms with Gasteiger partial charge in [-0.2, -0.15) is 0 Å². The second-order valence-corrected chi connectivity index (χ2v) is 16.6. The number of anilines is 1. The molecule has 4 rings (SSSR count). The maximum atomic E-state index is 13.5. The summed E-state index contributed by atoms with van der Waals surface area (Å²) in [6.07, 6.45) is 0.974. The van der Waals surface area contributed by atoms with Crippen LogP contribution < -0.4 is 28.2 Å². The number of alkyl halides is 2. The summed E-state index contributed by atoms with van der Waals surface area (Å²) < 4.78 is 50.4. The molecule has 0 unspecified atom stereocenters. The zero-order chi connectivity index (χ0) is 39.9. The predicted octanol–water partition coefficient (Wildman–Crippen LogP) is 6.97. The molecule has 0 atom stereocenters. The number of rotatable bonds is 7. The summed E-state index contributed by atoms with van der Waals surface area (Å²) in [5.74, 6) is -0.987. The average Bonchev–Trinajstić information content (AvgIpc) is 3.06. The van der Waals surface area contributed by atoms with Crippen LogP contribution >= 0.6 is 34.8 Å². The molecule has 0 saturated carbocycles. The van der Waals surface area contributed by atoms with E-state index in [4.69, 9.17) is 34.8 Å². The zero-order valence-corrected chi connectivity index (χ0v) is 35.1. The molecule has 5 N–H and O–H groups in total. The molecule has 0 bridgehead atoms. The molecule has 0 fully saturated rings. The second kappa shape index (κ2) is 24.3. The van der Waals surface area contributed by atoms with E-state index in [-0.39, 0.29) is 54.8 Å². The number of hydrogen-bond donors (Lipinski definition) is 3. The fourth-order valence-electron chi connectivity index (χ4n) is 4.25. The standard InChI is InChI=1S/C19H22FNO.C11H13ClO.C8H11FN2O2S.CH2Cl2.CH4.ClH.H2/c1-13-5-6-14(11-17(13)20)12-21-18(22)15-7-9-16(10-8-15)19(2,3)4;1-11(2,3)9-6-4-8(5-7-9)10(12)13;1-14(12,13)11-8-3-2-6(5-10)4-7(8)9;2-1-3;;;/h5-11H,12H2,1-4H3,(H,21,22);4-7H,1-3H3;2-4,11H,5,10H2,1H3;1H2;1H4;2*1H. The van der Waals surface area contributed by atoms with Crippen molar-refractivity contribution in [3.05, 3.63) is 136 Å². The van der Waals surface area contributed by atoms with E-state index in [2.05, 4.69) is 57.3 Å². The minimum Gasteiger partial charge on any atom is -1.00 e. The van der Waals surface area contributed by atoms with Crippen molar-refractivity contribution in [2.24, 2.45) is 0 Å². The summed E-state index contributed by atoms with van der Waals surface area (Å²) in [4.78, 5) is 22.9. The molecule has 7 nitrogen and oxygen atoms in total. The lowest BCUT2D eigenvalue weighted by atomic mass is 9.87. The van der Waals surface area contributed by atoms with Gasteiger partial charge in [-0.25, -0.2) is 17.2 Å². The first-order chi connectivity index (χ1) is 24.0. The SMILES string of the molecule is C.CC(C)(C)c1ccc(C(=O)Cl)cc1.CS(=O)(=O)Nc1ccc(C[NH3+])cc1F.Cc1ccc(CNC(=O)c2ccc(C(C)(C)C)cc2)cc1F.ClCCl.[Cl-].[HH]. The van der Waals surface area contributed by atoms with Crippen LogP contribution in [0.25, 0.3) is 0 Å². The smallest absolute Gasteiger partial charge is 0.252 e. The average molecular weight is 854 g/mol. The number of sulfonamides is 1. The van der Waals surface area contributed by atoms with Gasteiger partial charge in [0.05, 0.1) is 23.8 Å². The second-order valence-electron chi connectivity index (χ2n) is 13.7. The molecule has 0 aromatic heterocycles. The number of aryl methyl sites for hydroxylation is 1. The van der Waals surface area contributed by atoms with E-state index >= 15 is 0 Å². The van der Waals surface area contributed by atoms with Crippen molar-refractivity contribution in [3.8, 4) is 0 Å². The molecule has 0 aliphatic rings. The predicted molar refractivity (Wildman–Crippen MR) is 220 cm³/mol. The first-order valence-corrected chi connectivity index (χ1v) is 19.5. The summed E-state index contributed by atoms with van der Waals surface area (Å²) in [5, 5.41) is 2.61. The fraction of sp³-hybridized carbons (Fsp3) is 0.350. The molecular weight excluding hydrogens is 798 g/mol. The van der Waals surface area contributed by atoms with Crippen LogP contribution in [0.4, 0.5) is 14.5 Å². The Labute approximate surface area is 343 Å². The lowest BCUT2D eigenvalue weighted by Crippen LogP contribution is -3.00. The van der Waals surface area contributed by atoms with Gasteiger partial charge in [0, 0.05) is 24.7 Å².